The maximum Gasteiger partial charge on any atom is -0.0325 e. The Labute approximate surface area is 71.7 Å². The lowest BCUT2D eigenvalue weighted by Gasteiger charge is -2.09. The van der Waals surface area contributed by atoms with Gasteiger partial charge in [-0.2, -0.15) is 0 Å². The highest BCUT2D eigenvalue weighted by molar-refractivity contribution is 4.78. The van der Waals surface area contributed by atoms with E-state index in [1.165, 1.54) is 19.3 Å². The summed E-state index contributed by atoms with van der Waals surface area (Å²) in [6.45, 7) is 9.02. The van der Waals surface area contributed by atoms with E-state index < -0.39 is 0 Å². The summed E-state index contributed by atoms with van der Waals surface area (Å²) in [6.07, 6.45) is 8.42. The fraction of sp³-hybridized carbons (Fsp3) is 0.818. The molecule has 0 amide bonds. The predicted molar refractivity (Wildman–Crippen MR) is 52.7 cm³/mol. The normalized spacial score (nSPS) is 14.6. The summed E-state index contributed by atoms with van der Waals surface area (Å²) in [5.74, 6) is 1.73. The van der Waals surface area contributed by atoms with Gasteiger partial charge in [0.2, 0.25) is 0 Å². The summed E-state index contributed by atoms with van der Waals surface area (Å²) in [4.78, 5) is 0. The summed E-state index contributed by atoms with van der Waals surface area (Å²) in [6, 6.07) is 0. The van der Waals surface area contributed by atoms with Gasteiger partial charge in [-0.15, -0.1) is 0 Å². The van der Waals surface area contributed by atoms with Gasteiger partial charge in [-0.25, -0.2) is 0 Å². The fourth-order valence-corrected chi connectivity index (χ4v) is 1.10. The van der Waals surface area contributed by atoms with Crippen molar-refractivity contribution >= 4 is 0 Å². The quantitative estimate of drug-likeness (QED) is 0.524. The van der Waals surface area contributed by atoms with Gasteiger partial charge in [-0.3, -0.25) is 0 Å². The topological polar surface area (TPSA) is 0 Å². The molecule has 0 saturated carbocycles. The van der Waals surface area contributed by atoms with Crippen molar-refractivity contribution in [2.75, 3.05) is 0 Å². The highest BCUT2D eigenvalue weighted by Gasteiger charge is 2.00. The van der Waals surface area contributed by atoms with Crippen molar-refractivity contribution in [3.8, 4) is 0 Å². The van der Waals surface area contributed by atoms with Gasteiger partial charge < -0.3 is 0 Å². The SMILES string of the molecule is C/C=C/CC(C)CCC(C)C. The van der Waals surface area contributed by atoms with Crippen LogP contribution < -0.4 is 0 Å². The standard InChI is InChI=1S/C11H22/c1-5-6-7-11(4)9-8-10(2)3/h5-6,10-11H,7-9H2,1-4H3/b6-5+. The molecule has 0 fully saturated rings. The second kappa shape index (κ2) is 6.45. The van der Waals surface area contributed by atoms with Crippen LogP contribution in [0, 0.1) is 11.8 Å². The van der Waals surface area contributed by atoms with E-state index in [1.807, 2.05) is 0 Å². The van der Waals surface area contributed by atoms with Gasteiger partial charge in [0.05, 0.1) is 0 Å². The third kappa shape index (κ3) is 7.64. The first-order valence-corrected chi connectivity index (χ1v) is 4.78. The lowest BCUT2D eigenvalue weighted by Crippen LogP contribution is -1.96. The van der Waals surface area contributed by atoms with Crippen molar-refractivity contribution in [3.63, 3.8) is 0 Å². The number of hydrogen-bond acceptors (Lipinski definition) is 0. The molecule has 0 nitrogen and oxygen atoms in total. The molecule has 0 spiro atoms. The van der Waals surface area contributed by atoms with Gasteiger partial charge in [0, 0.05) is 0 Å². The molecule has 0 N–H and O–H groups in total. The Balaban J connectivity index is 3.29. The van der Waals surface area contributed by atoms with E-state index in [-0.39, 0.29) is 0 Å². The third-order valence-corrected chi connectivity index (χ3v) is 2.01. The number of rotatable bonds is 5. The van der Waals surface area contributed by atoms with Crippen molar-refractivity contribution in [1.82, 2.24) is 0 Å². The lowest BCUT2D eigenvalue weighted by molar-refractivity contribution is 0.453. The van der Waals surface area contributed by atoms with E-state index in [0.717, 1.165) is 11.8 Å². The largest absolute Gasteiger partial charge is 0.0917 e. The molecule has 0 rings (SSSR count). The molecular weight excluding hydrogens is 132 g/mol. The zero-order valence-corrected chi connectivity index (χ0v) is 8.43. The van der Waals surface area contributed by atoms with Crippen molar-refractivity contribution in [2.24, 2.45) is 11.8 Å². The second-order valence-electron chi connectivity index (χ2n) is 3.88. The van der Waals surface area contributed by atoms with Crippen LogP contribution in [-0.2, 0) is 0 Å². The molecule has 0 heterocycles. The third-order valence-electron chi connectivity index (χ3n) is 2.01. The summed E-state index contributed by atoms with van der Waals surface area (Å²) < 4.78 is 0. The van der Waals surface area contributed by atoms with Gasteiger partial charge >= 0.3 is 0 Å². The van der Waals surface area contributed by atoms with Crippen molar-refractivity contribution in [1.29, 1.82) is 0 Å². The van der Waals surface area contributed by atoms with Crippen LogP contribution in [0.15, 0.2) is 12.2 Å². The van der Waals surface area contributed by atoms with Crippen LogP contribution in [0.1, 0.15) is 47.0 Å². The minimum absolute atomic E-state index is 0.864. The highest BCUT2D eigenvalue weighted by Crippen LogP contribution is 2.14. The molecule has 11 heavy (non-hydrogen) atoms. The fourth-order valence-electron chi connectivity index (χ4n) is 1.10. The molecule has 0 aromatic heterocycles. The maximum atomic E-state index is 2.34. The predicted octanol–water partition coefficient (Wildman–Crippen LogP) is 4.02. The second-order valence-corrected chi connectivity index (χ2v) is 3.88. The Morgan fingerprint density at radius 3 is 2.18 bits per heavy atom. The Bertz CT molecular complexity index is 101. The minimum Gasteiger partial charge on any atom is -0.0917 e. The molecule has 0 aromatic rings. The number of allylic oxidation sites excluding steroid dienone is 2. The van der Waals surface area contributed by atoms with Crippen LogP contribution in [0.4, 0.5) is 0 Å². The van der Waals surface area contributed by atoms with Crippen LogP contribution in [0.3, 0.4) is 0 Å². The summed E-state index contributed by atoms with van der Waals surface area (Å²) >= 11 is 0. The molecule has 66 valence electrons. The van der Waals surface area contributed by atoms with Crippen LogP contribution in [0.5, 0.6) is 0 Å². The minimum atomic E-state index is 0.864. The Kier molecular flexibility index (Phi) is 6.30. The molecule has 0 radical (unpaired) electrons. The molecule has 0 aliphatic carbocycles. The average Bonchev–Trinajstić information content (AvgIpc) is 1.97. The smallest absolute Gasteiger partial charge is 0.0325 e. The molecular formula is C11H22. The van der Waals surface area contributed by atoms with Crippen LogP contribution in [-0.4, -0.2) is 0 Å². The lowest BCUT2D eigenvalue weighted by atomic mass is 9.97. The van der Waals surface area contributed by atoms with E-state index in [2.05, 4.69) is 39.8 Å². The molecule has 1 atom stereocenters. The van der Waals surface area contributed by atoms with Crippen molar-refractivity contribution in [2.45, 2.75) is 47.0 Å². The van der Waals surface area contributed by atoms with Gasteiger partial charge in [0.1, 0.15) is 0 Å². The molecule has 0 aliphatic heterocycles. The zero-order valence-electron chi connectivity index (χ0n) is 8.43. The molecule has 0 heteroatoms. The molecule has 0 aromatic carbocycles. The van der Waals surface area contributed by atoms with Crippen LogP contribution in [0.2, 0.25) is 0 Å². The molecule has 0 saturated heterocycles. The Morgan fingerprint density at radius 2 is 1.73 bits per heavy atom. The van der Waals surface area contributed by atoms with Crippen LogP contribution in [0.25, 0.3) is 0 Å². The van der Waals surface area contributed by atoms with E-state index >= 15 is 0 Å². The summed E-state index contributed by atoms with van der Waals surface area (Å²) in [7, 11) is 0. The van der Waals surface area contributed by atoms with E-state index in [0.29, 0.717) is 0 Å². The molecule has 0 bridgehead atoms. The number of hydrogen-bond donors (Lipinski definition) is 0. The Morgan fingerprint density at radius 1 is 1.09 bits per heavy atom. The first-order valence-electron chi connectivity index (χ1n) is 4.78. The first-order chi connectivity index (χ1) is 5.16. The highest BCUT2D eigenvalue weighted by atomic mass is 14.1. The van der Waals surface area contributed by atoms with E-state index in [1.54, 1.807) is 0 Å². The average molecular weight is 154 g/mol. The monoisotopic (exact) mass is 154 g/mol. The van der Waals surface area contributed by atoms with Gasteiger partial charge in [0.15, 0.2) is 0 Å². The van der Waals surface area contributed by atoms with Gasteiger partial charge in [-0.1, -0.05) is 45.8 Å². The molecule has 0 aliphatic rings. The van der Waals surface area contributed by atoms with Crippen LogP contribution >= 0.6 is 0 Å². The summed E-state index contributed by atoms with van der Waals surface area (Å²) in [5, 5.41) is 0. The van der Waals surface area contributed by atoms with E-state index in [9.17, 15) is 0 Å². The van der Waals surface area contributed by atoms with Crippen molar-refractivity contribution < 1.29 is 0 Å². The zero-order chi connectivity index (χ0) is 8.69. The van der Waals surface area contributed by atoms with E-state index in [4.69, 9.17) is 0 Å². The van der Waals surface area contributed by atoms with Gasteiger partial charge in [-0.05, 0) is 25.2 Å². The maximum absolute atomic E-state index is 2.34. The Hall–Kier alpha value is -0.260. The first kappa shape index (κ1) is 10.7. The summed E-state index contributed by atoms with van der Waals surface area (Å²) in [5.41, 5.74) is 0. The van der Waals surface area contributed by atoms with Crippen molar-refractivity contribution in [3.05, 3.63) is 12.2 Å². The molecule has 1 unspecified atom stereocenters. The van der Waals surface area contributed by atoms with Gasteiger partial charge in [0.25, 0.3) is 0 Å².